The maximum Gasteiger partial charge on any atom is 0.343 e. The first kappa shape index (κ1) is 22.5. The molecule has 0 aliphatic rings. The minimum atomic E-state index is -0.719. The number of carbonyl (C=O) groups is 2. The molecule has 0 radical (unpaired) electrons. The van der Waals surface area contributed by atoms with Crippen LogP contribution in [0.15, 0.2) is 65.8 Å². The van der Waals surface area contributed by atoms with Gasteiger partial charge in [-0.2, -0.15) is 5.10 Å². The van der Waals surface area contributed by atoms with Crippen LogP contribution in [0.4, 0.5) is 4.39 Å². The fourth-order valence-corrected chi connectivity index (χ4v) is 2.83. The Labute approximate surface area is 184 Å². The lowest BCUT2D eigenvalue weighted by atomic mass is 10.1. The largest absolute Gasteiger partial charge is 0.496 e. The van der Waals surface area contributed by atoms with Crippen molar-refractivity contribution < 1.29 is 28.2 Å². The summed E-state index contributed by atoms with van der Waals surface area (Å²) < 4.78 is 29.1. The number of amides is 1. The predicted molar refractivity (Wildman–Crippen MR) is 117 cm³/mol. The number of nitrogens with one attached hydrogen (secondary N) is 1. The van der Waals surface area contributed by atoms with E-state index in [-0.39, 0.29) is 17.1 Å². The van der Waals surface area contributed by atoms with Gasteiger partial charge < -0.3 is 14.2 Å². The van der Waals surface area contributed by atoms with Crippen molar-refractivity contribution in [2.75, 3.05) is 14.2 Å². The molecule has 0 bridgehead atoms. The van der Waals surface area contributed by atoms with Gasteiger partial charge in [0.15, 0.2) is 11.5 Å². The van der Waals surface area contributed by atoms with E-state index in [2.05, 4.69) is 10.5 Å². The summed E-state index contributed by atoms with van der Waals surface area (Å²) in [7, 11) is 2.91. The second-order valence-electron chi connectivity index (χ2n) is 6.71. The summed E-state index contributed by atoms with van der Waals surface area (Å²) in [6.45, 7) is 1.90. The van der Waals surface area contributed by atoms with Crippen LogP contribution >= 0.6 is 0 Å². The van der Waals surface area contributed by atoms with Crippen LogP contribution in [0, 0.1) is 12.7 Å². The van der Waals surface area contributed by atoms with Gasteiger partial charge in [0.05, 0.1) is 31.6 Å². The standard InChI is InChI=1S/C24H21FN2O5/c1-15-7-9-19(21(11-15)30-2)23(28)27-26-14-16-8-10-20(22(12-16)31-3)32-24(29)17-5-4-6-18(25)13-17/h4-14H,1-3H3,(H,27,28)/b26-14+. The molecule has 0 aliphatic heterocycles. The van der Waals surface area contributed by atoms with Crippen LogP contribution in [-0.2, 0) is 0 Å². The molecule has 0 fully saturated rings. The number of aryl methyl sites for hydroxylation is 1. The number of nitrogens with zero attached hydrogens (tertiary/aromatic N) is 1. The van der Waals surface area contributed by atoms with Gasteiger partial charge in [-0.05, 0) is 66.6 Å². The molecule has 0 heterocycles. The molecule has 0 aromatic heterocycles. The smallest absolute Gasteiger partial charge is 0.343 e. The normalized spacial score (nSPS) is 10.6. The van der Waals surface area contributed by atoms with E-state index < -0.39 is 17.7 Å². The van der Waals surface area contributed by atoms with Crippen molar-refractivity contribution in [3.05, 3.63) is 88.7 Å². The van der Waals surface area contributed by atoms with Gasteiger partial charge in [-0.25, -0.2) is 14.6 Å². The number of ether oxygens (including phenoxy) is 3. The number of halogens is 1. The molecular weight excluding hydrogens is 415 g/mol. The predicted octanol–water partition coefficient (Wildman–Crippen LogP) is 4.13. The van der Waals surface area contributed by atoms with E-state index in [0.717, 1.165) is 11.6 Å². The first-order chi connectivity index (χ1) is 15.4. The van der Waals surface area contributed by atoms with Crippen LogP contribution < -0.4 is 19.6 Å². The molecule has 164 valence electrons. The molecule has 0 spiro atoms. The fourth-order valence-electron chi connectivity index (χ4n) is 2.83. The highest BCUT2D eigenvalue weighted by Gasteiger charge is 2.14. The van der Waals surface area contributed by atoms with Crippen LogP contribution in [0.5, 0.6) is 17.2 Å². The molecule has 0 atom stereocenters. The zero-order chi connectivity index (χ0) is 23.1. The van der Waals surface area contributed by atoms with Crippen molar-refractivity contribution in [2.45, 2.75) is 6.92 Å². The average Bonchev–Trinajstić information content (AvgIpc) is 2.79. The van der Waals surface area contributed by atoms with Crippen molar-refractivity contribution in [2.24, 2.45) is 5.10 Å². The van der Waals surface area contributed by atoms with Gasteiger partial charge in [0.25, 0.3) is 5.91 Å². The minimum Gasteiger partial charge on any atom is -0.496 e. The van der Waals surface area contributed by atoms with Crippen molar-refractivity contribution in [1.82, 2.24) is 5.43 Å². The summed E-state index contributed by atoms with van der Waals surface area (Å²) in [5, 5.41) is 3.95. The maximum absolute atomic E-state index is 13.3. The van der Waals surface area contributed by atoms with Crippen molar-refractivity contribution in [3.63, 3.8) is 0 Å². The molecule has 1 amide bonds. The van der Waals surface area contributed by atoms with Gasteiger partial charge in [0, 0.05) is 0 Å². The Bertz CT molecular complexity index is 1180. The van der Waals surface area contributed by atoms with Crippen LogP contribution in [0.25, 0.3) is 0 Å². The average molecular weight is 436 g/mol. The molecule has 0 unspecified atom stereocenters. The van der Waals surface area contributed by atoms with Crippen molar-refractivity contribution in [1.29, 1.82) is 0 Å². The molecule has 32 heavy (non-hydrogen) atoms. The summed E-state index contributed by atoms with van der Waals surface area (Å²) in [6, 6.07) is 15.1. The van der Waals surface area contributed by atoms with Crippen molar-refractivity contribution >= 4 is 18.1 Å². The van der Waals surface area contributed by atoms with E-state index in [0.29, 0.717) is 16.9 Å². The number of benzene rings is 3. The number of carbonyl (C=O) groups excluding carboxylic acids is 2. The first-order valence-corrected chi connectivity index (χ1v) is 9.55. The van der Waals surface area contributed by atoms with Gasteiger partial charge in [-0.3, -0.25) is 4.79 Å². The summed E-state index contributed by atoms with van der Waals surface area (Å²) in [4.78, 5) is 24.6. The maximum atomic E-state index is 13.3. The van der Waals surface area contributed by atoms with E-state index in [9.17, 15) is 14.0 Å². The Kier molecular flexibility index (Phi) is 7.17. The van der Waals surface area contributed by atoms with Gasteiger partial charge in [-0.15, -0.1) is 0 Å². The highest BCUT2D eigenvalue weighted by molar-refractivity contribution is 5.97. The summed E-state index contributed by atoms with van der Waals surface area (Å²) in [6.07, 6.45) is 1.42. The first-order valence-electron chi connectivity index (χ1n) is 9.55. The summed E-state index contributed by atoms with van der Waals surface area (Å²) >= 11 is 0. The zero-order valence-electron chi connectivity index (χ0n) is 17.7. The Morgan fingerprint density at radius 3 is 2.44 bits per heavy atom. The summed E-state index contributed by atoms with van der Waals surface area (Å²) in [5.41, 5.74) is 4.42. The topological polar surface area (TPSA) is 86.2 Å². The number of methoxy groups -OCH3 is 2. The Morgan fingerprint density at radius 2 is 1.72 bits per heavy atom. The van der Waals surface area contributed by atoms with Gasteiger partial charge in [0.1, 0.15) is 11.6 Å². The Morgan fingerprint density at radius 1 is 0.938 bits per heavy atom. The third-order valence-corrected chi connectivity index (χ3v) is 4.43. The lowest BCUT2D eigenvalue weighted by molar-refractivity contribution is 0.0729. The molecule has 7 nitrogen and oxygen atoms in total. The fraction of sp³-hybridized carbons (Fsp3) is 0.125. The molecule has 3 aromatic carbocycles. The van der Waals surface area contributed by atoms with Crippen LogP contribution in [0.3, 0.4) is 0 Å². The molecule has 8 heteroatoms. The number of esters is 1. The van der Waals surface area contributed by atoms with E-state index in [1.54, 1.807) is 30.3 Å². The lowest BCUT2D eigenvalue weighted by Crippen LogP contribution is -2.18. The number of rotatable bonds is 7. The van der Waals surface area contributed by atoms with Gasteiger partial charge in [-0.1, -0.05) is 12.1 Å². The molecule has 1 N–H and O–H groups in total. The van der Waals surface area contributed by atoms with Gasteiger partial charge >= 0.3 is 5.97 Å². The third kappa shape index (κ3) is 5.48. The molecule has 0 aliphatic carbocycles. The zero-order valence-corrected chi connectivity index (χ0v) is 17.7. The Balaban J connectivity index is 1.70. The van der Waals surface area contributed by atoms with E-state index in [1.165, 1.54) is 44.7 Å². The van der Waals surface area contributed by atoms with Gasteiger partial charge in [0.2, 0.25) is 0 Å². The van der Waals surface area contributed by atoms with E-state index >= 15 is 0 Å². The monoisotopic (exact) mass is 436 g/mol. The van der Waals surface area contributed by atoms with Crippen LogP contribution in [0.2, 0.25) is 0 Å². The van der Waals surface area contributed by atoms with Crippen molar-refractivity contribution in [3.8, 4) is 17.2 Å². The highest BCUT2D eigenvalue weighted by atomic mass is 19.1. The van der Waals surface area contributed by atoms with E-state index in [4.69, 9.17) is 14.2 Å². The summed E-state index contributed by atoms with van der Waals surface area (Å²) in [5.74, 6) is -0.807. The highest BCUT2D eigenvalue weighted by Crippen LogP contribution is 2.28. The quantitative estimate of drug-likeness (QED) is 0.260. The Hall–Kier alpha value is -4.20. The number of hydrogen-bond donors (Lipinski definition) is 1. The molecule has 3 aromatic rings. The number of hydrazone groups is 1. The van der Waals surface area contributed by atoms with E-state index in [1.807, 2.05) is 6.92 Å². The lowest BCUT2D eigenvalue weighted by Gasteiger charge is -2.10. The minimum absolute atomic E-state index is 0.0759. The second kappa shape index (κ2) is 10.2. The molecular formula is C24H21FN2O5. The third-order valence-electron chi connectivity index (χ3n) is 4.43. The SMILES string of the molecule is COc1cc(/C=N/NC(=O)c2ccc(C)cc2OC)ccc1OC(=O)c1cccc(F)c1. The van der Waals surface area contributed by atoms with Crippen LogP contribution in [0.1, 0.15) is 31.8 Å². The molecule has 3 rings (SSSR count). The molecule has 0 saturated heterocycles. The second-order valence-corrected chi connectivity index (χ2v) is 6.71. The van der Waals surface area contributed by atoms with Crippen LogP contribution in [-0.4, -0.2) is 32.3 Å². The number of hydrogen-bond acceptors (Lipinski definition) is 6. The molecule has 0 saturated carbocycles.